The zero-order chi connectivity index (χ0) is 13.5. The molecule has 1 saturated heterocycles. The molecule has 0 bridgehead atoms. The Hall–Kier alpha value is -0.400. The van der Waals surface area contributed by atoms with Gasteiger partial charge in [-0.05, 0) is 26.2 Å². The normalized spacial score (nSPS) is 26.4. The third kappa shape index (κ3) is 2.35. The van der Waals surface area contributed by atoms with E-state index in [1.807, 2.05) is 0 Å². The molecule has 0 radical (unpaired) electrons. The van der Waals surface area contributed by atoms with Gasteiger partial charge in [-0.25, -0.2) is 8.42 Å². The number of piperidine rings is 1. The van der Waals surface area contributed by atoms with Crippen LogP contribution in [0, 0.1) is 19.8 Å². The zero-order valence-corrected chi connectivity index (χ0v) is 13.2. The van der Waals surface area contributed by atoms with Crippen molar-refractivity contribution >= 4 is 26.0 Å². The van der Waals surface area contributed by atoms with Crippen LogP contribution in [0.4, 0.5) is 0 Å². The largest absolute Gasteiger partial charge is 0.281 e. The second-order valence-electron chi connectivity index (χ2n) is 4.91. The van der Waals surface area contributed by atoms with Gasteiger partial charge in [0.05, 0.1) is 11.4 Å². The van der Waals surface area contributed by atoms with E-state index in [2.05, 4.69) is 33.1 Å². The van der Waals surface area contributed by atoms with Crippen LogP contribution in [-0.2, 0) is 10.0 Å². The average molecular weight is 336 g/mol. The van der Waals surface area contributed by atoms with Crippen molar-refractivity contribution in [1.82, 2.24) is 14.5 Å². The van der Waals surface area contributed by atoms with Crippen LogP contribution >= 0.6 is 15.9 Å². The van der Waals surface area contributed by atoms with Gasteiger partial charge in [-0.15, -0.1) is 0 Å². The fraction of sp³-hybridized carbons (Fsp3) is 0.727. The van der Waals surface area contributed by atoms with E-state index in [-0.39, 0.29) is 4.83 Å². The average Bonchev–Trinajstić information content (AvgIpc) is 2.62. The van der Waals surface area contributed by atoms with Crippen LogP contribution < -0.4 is 0 Å². The number of nitrogens with zero attached hydrogens (tertiary/aromatic N) is 2. The van der Waals surface area contributed by atoms with Gasteiger partial charge in [0.1, 0.15) is 4.90 Å². The Morgan fingerprint density at radius 1 is 1.44 bits per heavy atom. The second-order valence-corrected chi connectivity index (χ2v) is 7.96. The summed E-state index contributed by atoms with van der Waals surface area (Å²) in [5, 5.41) is 6.70. The first-order valence-corrected chi connectivity index (χ1v) is 8.35. The van der Waals surface area contributed by atoms with Crippen molar-refractivity contribution < 1.29 is 8.42 Å². The van der Waals surface area contributed by atoms with Crippen molar-refractivity contribution in [2.45, 2.75) is 36.9 Å². The molecule has 1 aromatic rings. The Morgan fingerprint density at radius 3 is 2.61 bits per heavy atom. The lowest BCUT2D eigenvalue weighted by Crippen LogP contribution is -2.43. The number of halogens is 1. The van der Waals surface area contributed by atoms with Gasteiger partial charge in [0.2, 0.25) is 10.0 Å². The van der Waals surface area contributed by atoms with Gasteiger partial charge < -0.3 is 0 Å². The first kappa shape index (κ1) is 14.0. The number of alkyl halides is 1. The highest BCUT2D eigenvalue weighted by molar-refractivity contribution is 9.09. The van der Waals surface area contributed by atoms with Crippen LogP contribution in [-0.4, -0.2) is 40.8 Å². The Bertz CT molecular complexity index is 521. The fourth-order valence-corrected chi connectivity index (χ4v) is 4.88. The van der Waals surface area contributed by atoms with Crippen molar-refractivity contribution in [2.24, 2.45) is 5.92 Å². The fourth-order valence-electron chi connectivity index (χ4n) is 2.26. The van der Waals surface area contributed by atoms with Gasteiger partial charge in [-0.2, -0.15) is 9.40 Å². The number of aromatic nitrogens is 2. The molecule has 0 aromatic carbocycles. The molecule has 1 aliphatic rings. The van der Waals surface area contributed by atoms with Crippen LogP contribution in [0.25, 0.3) is 0 Å². The Labute approximate surface area is 116 Å². The highest BCUT2D eigenvalue weighted by atomic mass is 79.9. The molecular weight excluding hydrogens is 318 g/mol. The first-order valence-electron chi connectivity index (χ1n) is 6.00. The molecule has 0 saturated carbocycles. The smallest absolute Gasteiger partial charge is 0.246 e. The number of sulfonamides is 1. The predicted molar refractivity (Wildman–Crippen MR) is 73.3 cm³/mol. The number of aryl methyl sites for hydroxylation is 2. The monoisotopic (exact) mass is 335 g/mol. The quantitative estimate of drug-likeness (QED) is 0.838. The standard InChI is InChI=1S/C11H18BrN3O2S/c1-7-4-5-15(6-10(7)12)18(16,17)11-8(2)13-14-9(11)3/h7,10H,4-6H2,1-3H3,(H,13,14). The molecule has 1 fully saturated rings. The SMILES string of the molecule is Cc1n[nH]c(C)c1S(=O)(=O)N1CCC(C)C(Br)C1. The first-order chi connectivity index (χ1) is 8.34. The molecule has 5 nitrogen and oxygen atoms in total. The molecule has 0 spiro atoms. The maximum absolute atomic E-state index is 12.6. The molecule has 0 amide bonds. The summed E-state index contributed by atoms with van der Waals surface area (Å²) in [5.41, 5.74) is 1.15. The lowest BCUT2D eigenvalue weighted by Gasteiger charge is -2.33. The van der Waals surface area contributed by atoms with Crippen molar-refractivity contribution in [3.63, 3.8) is 0 Å². The minimum atomic E-state index is -3.43. The molecule has 1 aromatic heterocycles. The van der Waals surface area contributed by atoms with Crippen LogP contribution in [0.2, 0.25) is 0 Å². The maximum atomic E-state index is 12.6. The molecule has 7 heteroatoms. The Morgan fingerprint density at radius 2 is 2.11 bits per heavy atom. The second kappa shape index (κ2) is 4.94. The number of aromatic amines is 1. The third-order valence-corrected chi connectivity index (χ3v) is 6.81. The lowest BCUT2D eigenvalue weighted by molar-refractivity contribution is 0.299. The summed E-state index contributed by atoms with van der Waals surface area (Å²) in [6, 6.07) is 0. The summed E-state index contributed by atoms with van der Waals surface area (Å²) >= 11 is 3.56. The van der Waals surface area contributed by atoms with E-state index in [0.29, 0.717) is 35.3 Å². The molecule has 1 aliphatic heterocycles. The number of nitrogens with one attached hydrogen (secondary N) is 1. The maximum Gasteiger partial charge on any atom is 0.246 e. The lowest BCUT2D eigenvalue weighted by atomic mass is 10.0. The van der Waals surface area contributed by atoms with Gasteiger partial charge in [0.25, 0.3) is 0 Å². The molecule has 2 rings (SSSR count). The van der Waals surface area contributed by atoms with Crippen LogP contribution in [0.15, 0.2) is 4.90 Å². The van der Waals surface area contributed by atoms with Crippen molar-refractivity contribution in [3.8, 4) is 0 Å². The summed E-state index contributed by atoms with van der Waals surface area (Å²) in [4.78, 5) is 0.547. The number of rotatable bonds is 2. The molecule has 102 valence electrons. The van der Waals surface area contributed by atoms with Crippen LogP contribution in [0.5, 0.6) is 0 Å². The van der Waals surface area contributed by atoms with Crippen LogP contribution in [0.1, 0.15) is 24.7 Å². The number of H-pyrrole nitrogens is 1. The van der Waals surface area contributed by atoms with Gasteiger partial charge in [0.15, 0.2) is 0 Å². The van der Waals surface area contributed by atoms with Gasteiger partial charge in [0, 0.05) is 17.9 Å². The van der Waals surface area contributed by atoms with E-state index in [1.54, 1.807) is 18.2 Å². The van der Waals surface area contributed by atoms with Crippen molar-refractivity contribution in [3.05, 3.63) is 11.4 Å². The van der Waals surface area contributed by atoms with Crippen molar-refractivity contribution in [2.75, 3.05) is 13.1 Å². The highest BCUT2D eigenvalue weighted by Gasteiger charge is 2.35. The van der Waals surface area contributed by atoms with E-state index in [1.165, 1.54) is 0 Å². The molecule has 0 aliphatic carbocycles. The van der Waals surface area contributed by atoms with Gasteiger partial charge >= 0.3 is 0 Å². The molecule has 18 heavy (non-hydrogen) atoms. The molecule has 1 N–H and O–H groups in total. The van der Waals surface area contributed by atoms with E-state index < -0.39 is 10.0 Å². The minimum absolute atomic E-state index is 0.216. The molecule has 2 atom stereocenters. The summed E-state index contributed by atoms with van der Waals surface area (Å²) in [7, 11) is -3.43. The predicted octanol–water partition coefficient (Wildman–Crippen LogP) is 1.82. The van der Waals surface area contributed by atoms with Gasteiger partial charge in [-0.1, -0.05) is 22.9 Å². The summed E-state index contributed by atoms with van der Waals surface area (Å²) < 4.78 is 26.7. The molecule has 2 heterocycles. The minimum Gasteiger partial charge on any atom is -0.281 e. The van der Waals surface area contributed by atoms with E-state index in [4.69, 9.17) is 0 Å². The zero-order valence-electron chi connectivity index (χ0n) is 10.8. The summed E-state index contributed by atoms with van der Waals surface area (Å²) in [5.74, 6) is 0.503. The molecular formula is C11H18BrN3O2S. The number of hydrogen-bond acceptors (Lipinski definition) is 3. The Kier molecular flexibility index (Phi) is 3.85. The van der Waals surface area contributed by atoms with E-state index >= 15 is 0 Å². The Balaban J connectivity index is 2.33. The highest BCUT2D eigenvalue weighted by Crippen LogP contribution is 2.29. The third-order valence-electron chi connectivity index (χ3n) is 3.49. The molecule has 2 unspecified atom stereocenters. The van der Waals surface area contributed by atoms with E-state index in [0.717, 1.165) is 6.42 Å². The van der Waals surface area contributed by atoms with Crippen LogP contribution in [0.3, 0.4) is 0 Å². The van der Waals surface area contributed by atoms with Gasteiger partial charge in [-0.3, -0.25) is 5.10 Å². The number of hydrogen-bond donors (Lipinski definition) is 1. The summed E-state index contributed by atoms with van der Waals surface area (Å²) in [6.07, 6.45) is 0.880. The topological polar surface area (TPSA) is 66.1 Å². The summed E-state index contributed by atoms with van der Waals surface area (Å²) in [6.45, 7) is 6.70. The van der Waals surface area contributed by atoms with E-state index in [9.17, 15) is 8.42 Å². The van der Waals surface area contributed by atoms with Crippen molar-refractivity contribution in [1.29, 1.82) is 0 Å².